The third-order valence-electron chi connectivity index (χ3n) is 6.49. The molecule has 0 spiro atoms. The summed E-state index contributed by atoms with van der Waals surface area (Å²) in [6.45, 7) is 5.52. The van der Waals surface area contributed by atoms with Crippen molar-refractivity contribution in [3.8, 4) is 5.88 Å². The van der Waals surface area contributed by atoms with E-state index in [9.17, 15) is 14.0 Å². The van der Waals surface area contributed by atoms with Crippen LogP contribution in [0.5, 0.6) is 5.88 Å². The van der Waals surface area contributed by atoms with Crippen molar-refractivity contribution in [2.24, 2.45) is 5.73 Å². The number of primary amides is 1. The quantitative estimate of drug-likeness (QED) is 0.441. The maximum atomic E-state index is 14.0. The molecule has 0 saturated carbocycles. The summed E-state index contributed by atoms with van der Waals surface area (Å²) >= 11 is 0.890. The number of ether oxygens (including phenoxy) is 1. The van der Waals surface area contributed by atoms with Crippen LogP contribution in [0.3, 0.4) is 0 Å². The van der Waals surface area contributed by atoms with Crippen LogP contribution in [0.15, 0.2) is 18.2 Å². The standard InChI is InChI=1S/C23H31FN6O3S/c1-14-5-6-15(18(24)9-14)13-33-21-19(20(25)31)22(34-28-21)27-23(32)26-7-3-4-8-30-12-16-10-17(30)11-29(16)2/h5-6,9,16-17H,3-4,7-8,10-13H2,1-2H3,(H2,25,31)(H2,26,27,32). The van der Waals surface area contributed by atoms with Crippen molar-refractivity contribution >= 4 is 28.5 Å². The molecule has 2 aliphatic heterocycles. The molecular weight excluding hydrogens is 459 g/mol. The van der Waals surface area contributed by atoms with Crippen molar-refractivity contribution in [3.05, 3.63) is 40.7 Å². The van der Waals surface area contributed by atoms with Crippen molar-refractivity contribution in [1.29, 1.82) is 0 Å². The van der Waals surface area contributed by atoms with Crippen LogP contribution in [0, 0.1) is 12.7 Å². The molecule has 2 saturated heterocycles. The van der Waals surface area contributed by atoms with Gasteiger partial charge in [-0.2, -0.15) is 4.37 Å². The van der Waals surface area contributed by atoms with E-state index in [4.69, 9.17) is 10.5 Å². The summed E-state index contributed by atoms with van der Waals surface area (Å²) in [5.74, 6) is -1.22. The van der Waals surface area contributed by atoms with Gasteiger partial charge in [-0.15, -0.1) is 0 Å². The van der Waals surface area contributed by atoms with Gasteiger partial charge < -0.3 is 20.7 Å². The van der Waals surface area contributed by atoms with Crippen LogP contribution in [0.25, 0.3) is 0 Å². The zero-order chi connectivity index (χ0) is 24.2. The summed E-state index contributed by atoms with van der Waals surface area (Å²) in [5, 5.41) is 5.62. The lowest BCUT2D eigenvalue weighted by Gasteiger charge is -2.31. The molecule has 34 heavy (non-hydrogen) atoms. The smallest absolute Gasteiger partial charge is 0.319 e. The molecule has 2 bridgehead atoms. The van der Waals surface area contributed by atoms with E-state index in [0.29, 0.717) is 24.2 Å². The van der Waals surface area contributed by atoms with E-state index in [2.05, 4.69) is 31.9 Å². The number of amides is 3. The van der Waals surface area contributed by atoms with Crippen LogP contribution in [-0.2, 0) is 6.61 Å². The molecule has 1 aromatic carbocycles. The number of halogens is 1. The number of nitrogens with zero attached hydrogens (tertiary/aromatic N) is 3. The second-order valence-electron chi connectivity index (χ2n) is 9.01. The number of benzene rings is 1. The summed E-state index contributed by atoms with van der Waals surface area (Å²) in [6, 6.07) is 5.70. The number of hydrogen-bond acceptors (Lipinski definition) is 7. The number of hydrogen-bond donors (Lipinski definition) is 3. The Labute approximate surface area is 202 Å². The monoisotopic (exact) mass is 490 g/mol. The number of anilines is 1. The third-order valence-corrected chi connectivity index (χ3v) is 7.24. The van der Waals surface area contributed by atoms with Crippen molar-refractivity contribution < 1.29 is 18.7 Å². The molecule has 9 nitrogen and oxygen atoms in total. The van der Waals surface area contributed by atoms with Crippen molar-refractivity contribution in [2.75, 3.05) is 38.5 Å². The number of likely N-dealkylation sites (N-methyl/N-ethyl adjacent to an activating group) is 1. The van der Waals surface area contributed by atoms with Crippen molar-refractivity contribution in [2.45, 2.75) is 44.9 Å². The number of fused-ring (bicyclic) bond motifs is 2. The average Bonchev–Trinajstić information content (AvgIpc) is 3.46. The Morgan fingerprint density at radius 3 is 2.79 bits per heavy atom. The molecule has 2 fully saturated rings. The Hall–Kier alpha value is -2.76. The Kier molecular flexibility index (Phi) is 7.64. The molecule has 2 atom stereocenters. The molecule has 4 N–H and O–H groups in total. The van der Waals surface area contributed by atoms with Gasteiger partial charge in [0.1, 0.15) is 23.0 Å². The normalized spacial score (nSPS) is 20.0. The van der Waals surface area contributed by atoms with E-state index < -0.39 is 17.8 Å². The summed E-state index contributed by atoms with van der Waals surface area (Å²) in [5.41, 5.74) is 6.58. The maximum Gasteiger partial charge on any atom is 0.319 e. The molecule has 3 amide bonds. The molecule has 1 aromatic heterocycles. The van der Waals surface area contributed by atoms with E-state index in [1.807, 2.05) is 0 Å². The summed E-state index contributed by atoms with van der Waals surface area (Å²) < 4.78 is 23.7. The van der Waals surface area contributed by atoms with Gasteiger partial charge in [0.2, 0.25) is 5.88 Å². The first-order valence-electron chi connectivity index (χ1n) is 11.5. The Balaban J connectivity index is 1.22. The highest BCUT2D eigenvalue weighted by molar-refractivity contribution is 7.11. The lowest BCUT2D eigenvalue weighted by molar-refractivity contribution is 0.0996. The van der Waals surface area contributed by atoms with Gasteiger partial charge in [0.15, 0.2) is 0 Å². The molecule has 0 aliphatic carbocycles. The van der Waals surface area contributed by atoms with Crippen LogP contribution in [0.2, 0.25) is 0 Å². The van der Waals surface area contributed by atoms with Crippen LogP contribution < -0.4 is 21.1 Å². The molecule has 2 aromatic rings. The Morgan fingerprint density at radius 2 is 2.12 bits per heavy atom. The van der Waals surface area contributed by atoms with Crippen molar-refractivity contribution in [3.63, 3.8) is 0 Å². The number of aromatic nitrogens is 1. The number of carbonyl (C=O) groups is 2. The van der Waals surface area contributed by atoms with Gasteiger partial charge in [0, 0.05) is 37.3 Å². The van der Waals surface area contributed by atoms with E-state index in [1.165, 1.54) is 12.5 Å². The van der Waals surface area contributed by atoms with Gasteiger partial charge in [0.25, 0.3) is 5.91 Å². The largest absolute Gasteiger partial charge is 0.471 e. The topological polar surface area (TPSA) is 113 Å². The summed E-state index contributed by atoms with van der Waals surface area (Å²) in [7, 11) is 2.19. The highest BCUT2D eigenvalue weighted by Gasteiger charge is 2.40. The van der Waals surface area contributed by atoms with E-state index >= 15 is 0 Å². The minimum atomic E-state index is -0.783. The highest BCUT2D eigenvalue weighted by atomic mass is 32.1. The van der Waals surface area contributed by atoms with E-state index in [1.54, 1.807) is 19.1 Å². The second kappa shape index (κ2) is 10.7. The predicted octanol–water partition coefficient (Wildman–Crippen LogP) is 2.56. The molecule has 2 unspecified atom stereocenters. The number of nitrogens with one attached hydrogen (secondary N) is 2. The van der Waals surface area contributed by atoms with Gasteiger partial charge in [-0.3, -0.25) is 15.0 Å². The number of unbranched alkanes of at least 4 members (excludes halogenated alkanes) is 1. The third kappa shape index (κ3) is 5.65. The molecule has 4 rings (SSSR count). The SMILES string of the molecule is Cc1ccc(COc2nsc(NC(=O)NCCCCN3CC4CC3CN4C)c2C(N)=O)c(F)c1. The Morgan fingerprint density at radius 1 is 1.29 bits per heavy atom. The van der Waals surface area contributed by atoms with Crippen LogP contribution in [0.4, 0.5) is 14.2 Å². The number of piperazine rings is 1. The number of likely N-dealkylation sites (tertiary alicyclic amines) is 2. The minimum Gasteiger partial charge on any atom is -0.471 e. The molecular formula is C23H31FN6O3S. The van der Waals surface area contributed by atoms with Gasteiger partial charge in [-0.25, -0.2) is 9.18 Å². The fourth-order valence-corrected chi connectivity index (χ4v) is 5.34. The summed E-state index contributed by atoms with van der Waals surface area (Å²) in [6.07, 6.45) is 3.13. The number of rotatable bonds is 10. The zero-order valence-electron chi connectivity index (χ0n) is 19.5. The van der Waals surface area contributed by atoms with Crippen LogP contribution in [0.1, 0.15) is 40.7 Å². The first-order chi connectivity index (χ1) is 16.3. The summed E-state index contributed by atoms with van der Waals surface area (Å²) in [4.78, 5) is 29.3. The van der Waals surface area contributed by atoms with Gasteiger partial charge in [-0.05, 0) is 62.9 Å². The molecule has 2 aliphatic rings. The fourth-order valence-electron chi connectivity index (χ4n) is 4.60. The molecule has 184 valence electrons. The average molecular weight is 491 g/mol. The maximum absolute atomic E-state index is 14.0. The van der Waals surface area contributed by atoms with Crippen LogP contribution >= 0.6 is 11.5 Å². The van der Waals surface area contributed by atoms with Gasteiger partial charge >= 0.3 is 6.03 Å². The van der Waals surface area contributed by atoms with E-state index in [0.717, 1.165) is 49.6 Å². The molecule has 0 radical (unpaired) electrons. The van der Waals surface area contributed by atoms with Crippen molar-refractivity contribution in [1.82, 2.24) is 19.5 Å². The van der Waals surface area contributed by atoms with Gasteiger partial charge in [0.05, 0.1) is 0 Å². The van der Waals surface area contributed by atoms with E-state index in [-0.39, 0.29) is 23.1 Å². The zero-order valence-corrected chi connectivity index (χ0v) is 20.3. The number of carbonyl (C=O) groups excluding carboxylic acids is 2. The lowest BCUT2D eigenvalue weighted by Crippen LogP contribution is -2.44. The minimum absolute atomic E-state index is 0.0262. The second-order valence-corrected chi connectivity index (χ2v) is 9.78. The lowest BCUT2D eigenvalue weighted by atomic mass is 10.1. The molecule has 3 heterocycles. The highest BCUT2D eigenvalue weighted by Crippen LogP contribution is 2.31. The fraction of sp³-hybridized carbons (Fsp3) is 0.522. The van der Waals surface area contributed by atoms with Crippen LogP contribution in [-0.4, -0.2) is 71.4 Å². The van der Waals surface area contributed by atoms with Gasteiger partial charge in [-0.1, -0.05) is 12.1 Å². The number of aryl methyl sites for hydroxylation is 1. The molecule has 11 heteroatoms. The number of urea groups is 1. The number of nitrogens with two attached hydrogens (primary N) is 1. The first kappa shape index (κ1) is 24.4. The predicted molar refractivity (Wildman–Crippen MR) is 129 cm³/mol. The first-order valence-corrected chi connectivity index (χ1v) is 12.3. The Bertz CT molecular complexity index is 1050.